The van der Waals surface area contributed by atoms with Gasteiger partial charge in [0.2, 0.25) is 6.79 Å². The minimum atomic E-state index is -0.0364. The normalized spacial score (nSPS) is 12.6. The Bertz CT molecular complexity index is 710. The minimum absolute atomic E-state index is 0.0364. The van der Waals surface area contributed by atoms with E-state index < -0.39 is 0 Å². The van der Waals surface area contributed by atoms with Gasteiger partial charge in [0.1, 0.15) is 0 Å². The number of hydrogen-bond donors (Lipinski definition) is 1. The summed E-state index contributed by atoms with van der Waals surface area (Å²) in [6.45, 7) is 0.883. The van der Waals surface area contributed by atoms with Crippen molar-refractivity contribution in [2.75, 3.05) is 6.79 Å². The maximum absolute atomic E-state index is 11.9. The molecule has 1 heterocycles. The van der Waals surface area contributed by atoms with Crippen molar-refractivity contribution in [1.82, 2.24) is 5.32 Å². The molecule has 0 amide bonds. The van der Waals surface area contributed by atoms with Gasteiger partial charge in [0.15, 0.2) is 17.3 Å². The Hall–Kier alpha value is -2.27. The van der Waals surface area contributed by atoms with Crippen molar-refractivity contribution < 1.29 is 14.3 Å². The summed E-state index contributed by atoms with van der Waals surface area (Å²) in [4.78, 5) is 11.9. The van der Waals surface area contributed by atoms with Crippen molar-refractivity contribution in [1.29, 1.82) is 0 Å². The Morgan fingerprint density at radius 1 is 1.14 bits per heavy atom. The molecule has 112 valence electrons. The van der Waals surface area contributed by atoms with Gasteiger partial charge in [0, 0.05) is 28.9 Å². The fourth-order valence-electron chi connectivity index (χ4n) is 2.07. The van der Waals surface area contributed by atoms with Crippen LogP contribution in [0.5, 0.6) is 11.5 Å². The van der Waals surface area contributed by atoms with Gasteiger partial charge in [-0.1, -0.05) is 22.0 Å². The second-order valence-electron chi connectivity index (χ2n) is 4.77. The maximum atomic E-state index is 11.9. The lowest BCUT2D eigenvalue weighted by atomic mass is 10.1. The van der Waals surface area contributed by atoms with Crippen LogP contribution in [0.15, 0.2) is 59.2 Å². The van der Waals surface area contributed by atoms with Crippen molar-refractivity contribution in [3.8, 4) is 11.5 Å². The first kappa shape index (κ1) is 14.7. The molecule has 1 aliphatic heterocycles. The number of halogens is 1. The molecule has 0 atom stereocenters. The summed E-state index contributed by atoms with van der Waals surface area (Å²) < 4.78 is 11.5. The van der Waals surface area contributed by atoms with Gasteiger partial charge in [-0.25, -0.2) is 0 Å². The highest BCUT2D eigenvalue weighted by Crippen LogP contribution is 2.32. The average Bonchev–Trinajstić information content (AvgIpc) is 2.99. The molecular weight excluding hydrogens is 346 g/mol. The molecule has 0 aliphatic carbocycles. The van der Waals surface area contributed by atoms with Gasteiger partial charge in [0.25, 0.3) is 0 Å². The van der Waals surface area contributed by atoms with Crippen LogP contribution in [0.4, 0.5) is 0 Å². The summed E-state index contributed by atoms with van der Waals surface area (Å²) in [5.41, 5.74) is 1.72. The molecule has 2 aromatic rings. The first-order valence-electron chi connectivity index (χ1n) is 6.81. The van der Waals surface area contributed by atoms with Crippen molar-refractivity contribution in [3.63, 3.8) is 0 Å². The molecule has 4 nitrogen and oxygen atoms in total. The monoisotopic (exact) mass is 359 g/mol. The Labute approximate surface area is 136 Å². The van der Waals surface area contributed by atoms with Gasteiger partial charge in [-0.05, 0) is 42.0 Å². The summed E-state index contributed by atoms with van der Waals surface area (Å²) in [7, 11) is 0. The lowest BCUT2D eigenvalue weighted by molar-refractivity contribution is 0.104. The van der Waals surface area contributed by atoms with Gasteiger partial charge in [-0.2, -0.15) is 0 Å². The predicted octanol–water partition coefficient (Wildman–Crippen LogP) is 3.66. The number of carbonyl (C=O) groups excluding carboxylic acids is 1. The Morgan fingerprint density at radius 3 is 2.73 bits per heavy atom. The Morgan fingerprint density at radius 2 is 1.91 bits per heavy atom. The first-order chi connectivity index (χ1) is 10.7. The summed E-state index contributed by atoms with van der Waals surface area (Å²) in [6, 6.07) is 13.0. The quantitative estimate of drug-likeness (QED) is 0.653. The lowest BCUT2D eigenvalue weighted by Gasteiger charge is -2.03. The van der Waals surface area contributed by atoms with Crippen LogP contribution < -0.4 is 14.8 Å². The van der Waals surface area contributed by atoms with E-state index in [0.29, 0.717) is 12.1 Å². The molecule has 22 heavy (non-hydrogen) atoms. The van der Waals surface area contributed by atoms with Gasteiger partial charge in [-0.15, -0.1) is 0 Å². The van der Waals surface area contributed by atoms with E-state index in [1.54, 1.807) is 18.3 Å². The largest absolute Gasteiger partial charge is 0.454 e. The summed E-state index contributed by atoms with van der Waals surface area (Å²) in [5.74, 6) is 1.49. The second-order valence-corrected chi connectivity index (χ2v) is 5.69. The van der Waals surface area contributed by atoms with Crippen molar-refractivity contribution in [2.24, 2.45) is 0 Å². The fraction of sp³-hybridized carbons (Fsp3) is 0.118. The van der Waals surface area contributed by atoms with Crippen LogP contribution in [0.2, 0.25) is 0 Å². The zero-order valence-corrected chi connectivity index (χ0v) is 13.3. The molecule has 3 rings (SSSR count). The number of carbonyl (C=O) groups is 1. The molecule has 0 fully saturated rings. The Balaban J connectivity index is 1.54. The lowest BCUT2D eigenvalue weighted by Crippen LogP contribution is -2.05. The van der Waals surface area contributed by atoms with E-state index in [0.717, 1.165) is 21.5 Å². The predicted molar refractivity (Wildman–Crippen MR) is 87.0 cm³/mol. The molecule has 5 heteroatoms. The highest BCUT2D eigenvalue weighted by molar-refractivity contribution is 9.10. The van der Waals surface area contributed by atoms with E-state index in [2.05, 4.69) is 21.2 Å². The average molecular weight is 360 g/mol. The molecule has 1 N–H and O–H groups in total. The summed E-state index contributed by atoms with van der Waals surface area (Å²) in [5, 5.41) is 3.10. The number of benzene rings is 2. The third-order valence-electron chi connectivity index (χ3n) is 3.22. The van der Waals surface area contributed by atoms with Crippen LogP contribution in [0.1, 0.15) is 15.9 Å². The molecule has 0 bridgehead atoms. The van der Waals surface area contributed by atoms with Crippen molar-refractivity contribution in [3.05, 3.63) is 70.3 Å². The van der Waals surface area contributed by atoms with Gasteiger partial charge in [-0.3, -0.25) is 4.79 Å². The van der Waals surface area contributed by atoms with Crippen molar-refractivity contribution >= 4 is 21.7 Å². The van der Waals surface area contributed by atoms with Crippen LogP contribution in [0.25, 0.3) is 0 Å². The molecule has 0 unspecified atom stereocenters. The van der Waals surface area contributed by atoms with E-state index in [1.807, 2.05) is 30.3 Å². The fourth-order valence-corrected chi connectivity index (χ4v) is 2.34. The smallest absolute Gasteiger partial charge is 0.231 e. The standard InChI is InChI=1S/C17H14BrNO3/c18-14-4-2-13(3-5-14)15(20)7-8-19-10-12-1-6-16-17(9-12)22-11-21-16/h1-9,19H,10-11H2. The molecule has 0 saturated carbocycles. The zero-order chi connectivity index (χ0) is 15.4. The molecular formula is C17H14BrNO3. The van der Waals surface area contributed by atoms with E-state index in [9.17, 15) is 4.79 Å². The van der Waals surface area contributed by atoms with Crippen LogP contribution in [0, 0.1) is 0 Å². The minimum Gasteiger partial charge on any atom is -0.454 e. The van der Waals surface area contributed by atoms with Gasteiger partial charge in [0.05, 0.1) is 0 Å². The number of allylic oxidation sites excluding steroid dienone is 1. The van der Waals surface area contributed by atoms with Crippen LogP contribution in [-0.2, 0) is 6.54 Å². The zero-order valence-electron chi connectivity index (χ0n) is 11.7. The molecule has 0 spiro atoms. The second kappa shape index (κ2) is 6.66. The van der Waals surface area contributed by atoms with Gasteiger partial charge >= 0.3 is 0 Å². The summed E-state index contributed by atoms with van der Waals surface area (Å²) >= 11 is 3.34. The molecule has 0 saturated heterocycles. The molecule has 0 aromatic heterocycles. The first-order valence-corrected chi connectivity index (χ1v) is 7.60. The van der Waals surface area contributed by atoms with Crippen LogP contribution >= 0.6 is 15.9 Å². The number of fused-ring (bicyclic) bond motifs is 1. The van der Waals surface area contributed by atoms with E-state index in [1.165, 1.54) is 6.08 Å². The third kappa shape index (κ3) is 3.49. The van der Waals surface area contributed by atoms with Gasteiger partial charge < -0.3 is 14.8 Å². The number of ketones is 1. The van der Waals surface area contributed by atoms with E-state index >= 15 is 0 Å². The maximum Gasteiger partial charge on any atom is 0.231 e. The highest BCUT2D eigenvalue weighted by atomic mass is 79.9. The Kier molecular flexibility index (Phi) is 4.44. The summed E-state index contributed by atoms with van der Waals surface area (Å²) in [6.07, 6.45) is 3.19. The van der Waals surface area contributed by atoms with Crippen molar-refractivity contribution in [2.45, 2.75) is 6.54 Å². The molecule has 0 radical (unpaired) electrons. The number of rotatable bonds is 5. The van der Waals surface area contributed by atoms with Crippen LogP contribution in [-0.4, -0.2) is 12.6 Å². The third-order valence-corrected chi connectivity index (χ3v) is 3.75. The number of nitrogens with one attached hydrogen (secondary N) is 1. The van der Waals surface area contributed by atoms with E-state index in [4.69, 9.17) is 9.47 Å². The van der Waals surface area contributed by atoms with Crippen LogP contribution in [0.3, 0.4) is 0 Å². The molecule has 1 aliphatic rings. The van der Waals surface area contributed by atoms with E-state index in [-0.39, 0.29) is 12.6 Å². The number of hydrogen-bond acceptors (Lipinski definition) is 4. The number of ether oxygens (including phenoxy) is 2. The highest BCUT2D eigenvalue weighted by Gasteiger charge is 2.12. The topological polar surface area (TPSA) is 47.6 Å². The SMILES string of the molecule is O=C(C=CNCc1ccc2c(c1)OCO2)c1ccc(Br)cc1. The molecule has 2 aromatic carbocycles.